The molecule has 2 atom stereocenters. The number of benzene rings is 1. The van der Waals surface area contributed by atoms with Crippen molar-refractivity contribution in [1.82, 2.24) is 20.9 Å². The fourth-order valence-electron chi connectivity index (χ4n) is 3.29. The Kier molecular flexibility index (Phi) is 9.13. The minimum Gasteiger partial charge on any atom is -0.506 e. The number of anilines is 1. The number of aliphatic hydroxyl groups is 1. The number of aromatic nitrogens is 1. The second kappa shape index (κ2) is 12.0. The quantitative estimate of drug-likeness (QED) is 0.282. The standard InChI is InChI=1S/C22H26BrClN6O5/c1-3-16(14-4-11(24)5-15(23)20(14)33)29-19(32)10-25-21(34)17-6-13(35-2)7-18(28-17)30-22-26-8-12(31)9-27-22/h4-7,12,16,31,33H,3,8-10H2,1-2H3,(H,25,34)(H,29,32)(H2,26,27,28,30)/t16-/m0/s1. The second-order valence-electron chi connectivity index (χ2n) is 7.66. The lowest BCUT2D eigenvalue weighted by Crippen LogP contribution is -2.42. The zero-order valence-electron chi connectivity index (χ0n) is 19.1. The number of rotatable bonds is 8. The molecule has 0 saturated heterocycles. The topological polar surface area (TPSA) is 157 Å². The summed E-state index contributed by atoms with van der Waals surface area (Å²) in [5.74, 6) is 0.0241. The van der Waals surface area contributed by atoms with Crippen molar-refractivity contribution >= 4 is 51.1 Å². The number of methoxy groups -OCH3 is 1. The van der Waals surface area contributed by atoms with Crippen molar-refractivity contribution in [3.63, 3.8) is 0 Å². The van der Waals surface area contributed by atoms with Crippen LogP contribution < -0.4 is 26.0 Å². The van der Waals surface area contributed by atoms with Gasteiger partial charge in [0, 0.05) is 29.3 Å². The van der Waals surface area contributed by atoms with Gasteiger partial charge in [0.2, 0.25) is 5.91 Å². The summed E-state index contributed by atoms with van der Waals surface area (Å²) in [6.45, 7) is 2.11. The summed E-state index contributed by atoms with van der Waals surface area (Å²) in [7, 11) is 1.45. The van der Waals surface area contributed by atoms with Gasteiger partial charge >= 0.3 is 0 Å². The van der Waals surface area contributed by atoms with Gasteiger partial charge in [-0.1, -0.05) is 18.5 Å². The van der Waals surface area contributed by atoms with E-state index in [-0.39, 0.29) is 24.5 Å². The van der Waals surface area contributed by atoms with Crippen LogP contribution in [0.4, 0.5) is 5.82 Å². The molecule has 1 aromatic carbocycles. The Balaban J connectivity index is 1.64. The molecule has 1 unspecified atom stereocenters. The molecular weight excluding hydrogens is 544 g/mol. The van der Waals surface area contributed by atoms with E-state index in [2.05, 4.69) is 47.2 Å². The van der Waals surface area contributed by atoms with Crippen LogP contribution in [0.1, 0.15) is 35.4 Å². The number of hydrogen-bond donors (Lipinski definition) is 6. The molecule has 1 aromatic heterocycles. The summed E-state index contributed by atoms with van der Waals surface area (Å²) in [6.07, 6.45) is -0.0791. The first-order valence-corrected chi connectivity index (χ1v) is 11.9. The summed E-state index contributed by atoms with van der Waals surface area (Å²) < 4.78 is 5.66. The fourth-order valence-corrected chi connectivity index (χ4v) is 4.12. The molecule has 35 heavy (non-hydrogen) atoms. The third-order valence-electron chi connectivity index (χ3n) is 5.06. The fraction of sp³-hybridized carbons (Fsp3) is 0.364. The number of β-amino-alcohol motifs (C(OH)–C–C–N with tert-alkyl or cyclic N) is 1. The first kappa shape index (κ1) is 26.5. The number of phenolic OH excluding ortho intramolecular Hbond substituents is 1. The lowest BCUT2D eigenvalue weighted by Gasteiger charge is -2.20. The maximum absolute atomic E-state index is 12.7. The molecule has 2 amide bonds. The molecule has 0 fully saturated rings. The van der Waals surface area contributed by atoms with Crippen molar-refractivity contribution in [2.24, 2.45) is 4.99 Å². The van der Waals surface area contributed by atoms with Crippen LogP contribution in [0.5, 0.6) is 11.5 Å². The lowest BCUT2D eigenvalue weighted by molar-refractivity contribution is -0.120. The van der Waals surface area contributed by atoms with Crippen LogP contribution in [0, 0.1) is 0 Å². The number of amides is 2. The Morgan fingerprint density at radius 2 is 2.11 bits per heavy atom. The SMILES string of the molecule is CC[C@H](NC(=O)CNC(=O)c1cc(OC)cc(NC2=NCC(O)CN2)n1)c1cc(Cl)cc(Br)c1O. The van der Waals surface area contributed by atoms with Crippen molar-refractivity contribution in [1.29, 1.82) is 0 Å². The zero-order valence-corrected chi connectivity index (χ0v) is 21.4. The first-order chi connectivity index (χ1) is 16.7. The number of nitrogens with zero attached hydrogens (tertiary/aromatic N) is 2. The monoisotopic (exact) mass is 568 g/mol. The number of aromatic hydroxyl groups is 1. The van der Waals surface area contributed by atoms with E-state index in [0.717, 1.165) is 0 Å². The minimum atomic E-state index is -0.586. The highest BCUT2D eigenvalue weighted by Gasteiger charge is 2.20. The van der Waals surface area contributed by atoms with E-state index < -0.39 is 24.0 Å². The number of hydrogen-bond acceptors (Lipinski definition) is 9. The summed E-state index contributed by atoms with van der Waals surface area (Å²) in [4.78, 5) is 33.6. The van der Waals surface area contributed by atoms with Gasteiger partial charge in [0.05, 0.1) is 36.8 Å². The molecule has 2 heterocycles. The van der Waals surface area contributed by atoms with Crippen LogP contribution in [-0.2, 0) is 4.79 Å². The van der Waals surface area contributed by atoms with Gasteiger partial charge in [0.25, 0.3) is 5.91 Å². The van der Waals surface area contributed by atoms with Gasteiger partial charge in [-0.3, -0.25) is 14.6 Å². The number of phenols is 1. The van der Waals surface area contributed by atoms with Gasteiger partial charge in [0.15, 0.2) is 5.96 Å². The molecule has 1 aliphatic heterocycles. The maximum Gasteiger partial charge on any atom is 0.270 e. The van der Waals surface area contributed by atoms with Crippen LogP contribution in [-0.4, -0.2) is 65.8 Å². The number of ether oxygens (including phenoxy) is 1. The van der Waals surface area contributed by atoms with E-state index in [1.807, 2.05) is 6.92 Å². The first-order valence-electron chi connectivity index (χ1n) is 10.7. The van der Waals surface area contributed by atoms with Crippen LogP contribution in [0.2, 0.25) is 5.02 Å². The van der Waals surface area contributed by atoms with E-state index in [1.54, 1.807) is 18.2 Å². The van der Waals surface area contributed by atoms with Crippen molar-refractivity contribution < 1.29 is 24.5 Å². The molecule has 6 N–H and O–H groups in total. The Hall–Kier alpha value is -3.09. The van der Waals surface area contributed by atoms with E-state index in [0.29, 0.717) is 45.6 Å². The van der Waals surface area contributed by atoms with E-state index in [1.165, 1.54) is 13.2 Å². The van der Waals surface area contributed by atoms with E-state index >= 15 is 0 Å². The molecule has 3 rings (SSSR count). The Labute approximate surface area is 215 Å². The van der Waals surface area contributed by atoms with E-state index in [4.69, 9.17) is 16.3 Å². The number of guanidine groups is 1. The van der Waals surface area contributed by atoms with Gasteiger partial charge in [0.1, 0.15) is 23.0 Å². The third-order valence-corrected chi connectivity index (χ3v) is 5.89. The van der Waals surface area contributed by atoms with E-state index in [9.17, 15) is 19.8 Å². The third kappa shape index (κ3) is 7.20. The van der Waals surface area contributed by atoms with Gasteiger partial charge < -0.3 is 36.2 Å². The predicted octanol–water partition coefficient (Wildman–Crippen LogP) is 1.94. The zero-order chi connectivity index (χ0) is 25.5. The van der Waals surface area contributed by atoms with Crippen LogP contribution in [0.25, 0.3) is 0 Å². The van der Waals surface area contributed by atoms with Crippen LogP contribution in [0.15, 0.2) is 33.7 Å². The van der Waals surface area contributed by atoms with Gasteiger partial charge in [-0.15, -0.1) is 0 Å². The van der Waals surface area contributed by atoms with Gasteiger partial charge in [-0.25, -0.2) is 4.98 Å². The summed E-state index contributed by atoms with van der Waals surface area (Å²) >= 11 is 9.32. The lowest BCUT2D eigenvalue weighted by atomic mass is 10.0. The van der Waals surface area contributed by atoms with Crippen molar-refractivity contribution in [2.45, 2.75) is 25.5 Å². The van der Waals surface area contributed by atoms with Crippen molar-refractivity contribution in [2.75, 3.05) is 32.1 Å². The predicted molar refractivity (Wildman–Crippen MR) is 135 cm³/mol. The summed E-state index contributed by atoms with van der Waals surface area (Å²) in [5, 5.41) is 31.4. The number of carbonyl (C=O) groups excluding carboxylic acids is 2. The molecule has 0 saturated carbocycles. The molecule has 0 spiro atoms. The molecule has 2 aromatic rings. The number of nitrogens with one attached hydrogen (secondary N) is 4. The number of carbonyl (C=O) groups is 2. The van der Waals surface area contributed by atoms with Crippen LogP contribution in [0.3, 0.4) is 0 Å². The average Bonchev–Trinajstić information content (AvgIpc) is 2.84. The Bertz CT molecular complexity index is 1130. The highest BCUT2D eigenvalue weighted by molar-refractivity contribution is 9.10. The van der Waals surface area contributed by atoms with Gasteiger partial charge in [-0.2, -0.15) is 0 Å². The molecule has 11 nitrogen and oxygen atoms in total. The number of halogens is 2. The smallest absolute Gasteiger partial charge is 0.270 e. The molecule has 188 valence electrons. The molecule has 13 heteroatoms. The Morgan fingerprint density at radius 1 is 1.34 bits per heavy atom. The summed E-state index contributed by atoms with van der Waals surface area (Å²) in [6, 6.07) is 5.65. The molecular formula is C22H26BrClN6O5. The Morgan fingerprint density at radius 3 is 2.77 bits per heavy atom. The van der Waals surface area contributed by atoms with Crippen molar-refractivity contribution in [3.8, 4) is 11.5 Å². The molecule has 0 radical (unpaired) electrons. The molecule has 0 aliphatic carbocycles. The van der Waals surface area contributed by atoms with Crippen LogP contribution >= 0.6 is 27.5 Å². The highest BCUT2D eigenvalue weighted by atomic mass is 79.9. The summed E-state index contributed by atoms with van der Waals surface area (Å²) in [5.41, 5.74) is 0.489. The second-order valence-corrected chi connectivity index (χ2v) is 8.95. The van der Waals surface area contributed by atoms with Crippen molar-refractivity contribution in [3.05, 3.63) is 45.0 Å². The minimum absolute atomic E-state index is 0.0160. The van der Waals surface area contributed by atoms with Gasteiger partial charge in [-0.05, 0) is 34.5 Å². The normalized spacial score (nSPS) is 15.9. The average molecular weight is 570 g/mol. The maximum atomic E-state index is 12.7. The number of pyridine rings is 1. The molecule has 1 aliphatic rings. The number of aliphatic imine (C=N–C) groups is 1. The molecule has 0 bridgehead atoms. The number of aliphatic hydroxyl groups excluding tert-OH is 1. The highest BCUT2D eigenvalue weighted by Crippen LogP contribution is 2.36. The largest absolute Gasteiger partial charge is 0.506 e.